The van der Waals surface area contributed by atoms with Crippen LogP contribution in [0.2, 0.25) is 0 Å². The van der Waals surface area contributed by atoms with Crippen LogP contribution in [0, 0.1) is 5.92 Å². The average Bonchev–Trinajstić information content (AvgIpc) is 2.96. The first-order valence-electron chi connectivity index (χ1n) is 6.26. The molecular formula is C13H18N4. The van der Waals surface area contributed by atoms with Gasteiger partial charge in [0.1, 0.15) is 0 Å². The Hall–Kier alpha value is -1.55. The van der Waals surface area contributed by atoms with Crippen LogP contribution in [0.3, 0.4) is 0 Å². The van der Waals surface area contributed by atoms with Gasteiger partial charge in [-0.15, -0.1) is 0 Å². The molecule has 2 unspecified atom stereocenters. The molecular weight excluding hydrogens is 212 g/mol. The fraction of sp³-hybridized carbons (Fsp3) is 0.462. The van der Waals surface area contributed by atoms with Crippen molar-refractivity contribution in [1.29, 1.82) is 0 Å². The predicted molar refractivity (Wildman–Crippen MR) is 69.9 cm³/mol. The maximum absolute atomic E-state index is 5.80. The Morgan fingerprint density at radius 3 is 3.24 bits per heavy atom. The molecule has 1 aliphatic carbocycles. The molecule has 4 nitrogen and oxygen atoms in total. The summed E-state index contributed by atoms with van der Waals surface area (Å²) in [6.07, 6.45) is 5.60. The number of anilines is 1. The molecule has 1 aliphatic rings. The van der Waals surface area contributed by atoms with Crippen LogP contribution in [0.1, 0.15) is 19.3 Å². The second-order valence-corrected chi connectivity index (χ2v) is 4.85. The predicted octanol–water partition coefficient (Wildman–Crippen LogP) is 2.10. The molecule has 3 rings (SSSR count). The third-order valence-electron chi connectivity index (χ3n) is 3.76. The van der Waals surface area contributed by atoms with Crippen molar-refractivity contribution in [2.24, 2.45) is 11.7 Å². The van der Waals surface area contributed by atoms with Gasteiger partial charge in [-0.2, -0.15) is 5.10 Å². The number of hydrogen-bond donors (Lipinski definition) is 3. The van der Waals surface area contributed by atoms with E-state index >= 15 is 0 Å². The van der Waals surface area contributed by atoms with Crippen LogP contribution in [0.25, 0.3) is 10.9 Å². The van der Waals surface area contributed by atoms with Crippen molar-refractivity contribution in [1.82, 2.24) is 10.2 Å². The standard InChI is InChI=1S/C13H18N4/c14-7-9-2-1-3-12(9)16-11-5-4-10-8-15-17-13(10)6-11/h4-6,8-9,12,16H,1-3,7,14H2,(H,15,17). The topological polar surface area (TPSA) is 66.7 Å². The van der Waals surface area contributed by atoms with Crippen LogP contribution in [-0.2, 0) is 0 Å². The van der Waals surface area contributed by atoms with Gasteiger partial charge in [0.05, 0.1) is 11.7 Å². The summed E-state index contributed by atoms with van der Waals surface area (Å²) in [6, 6.07) is 6.85. The molecule has 0 radical (unpaired) electrons. The fourth-order valence-corrected chi connectivity index (χ4v) is 2.75. The quantitative estimate of drug-likeness (QED) is 0.756. The number of hydrogen-bond acceptors (Lipinski definition) is 3. The Bertz CT molecular complexity index is 505. The van der Waals surface area contributed by atoms with Crippen LogP contribution in [0.4, 0.5) is 5.69 Å². The first-order chi connectivity index (χ1) is 8.36. The molecule has 2 aromatic rings. The SMILES string of the molecule is NCC1CCCC1Nc1ccc2cn[nH]c2c1. The molecule has 4 N–H and O–H groups in total. The van der Waals surface area contributed by atoms with E-state index in [1.807, 2.05) is 6.20 Å². The monoisotopic (exact) mass is 230 g/mol. The molecule has 1 fully saturated rings. The van der Waals surface area contributed by atoms with Crippen LogP contribution >= 0.6 is 0 Å². The smallest absolute Gasteiger partial charge is 0.0670 e. The number of H-pyrrole nitrogens is 1. The van der Waals surface area contributed by atoms with Crippen molar-refractivity contribution >= 4 is 16.6 Å². The van der Waals surface area contributed by atoms with Gasteiger partial charge in [0.15, 0.2) is 0 Å². The number of aromatic amines is 1. The molecule has 1 aromatic heterocycles. The summed E-state index contributed by atoms with van der Waals surface area (Å²) in [5.74, 6) is 0.618. The molecule has 2 atom stereocenters. The summed E-state index contributed by atoms with van der Waals surface area (Å²) >= 11 is 0. The second-order valence-electron chi connectivity index (χ2n) is 4.85. The minimum absolute atomic E-state index is 0.528. The van der Waals surface area contributed by atoms with Crippen molar-refractivity contribution in [2.45, 2.75) is 25.3 Å². The number of aromatic nitrogens is 2. The molecule has 1 saturated carbocycles. The number of nitrogens with one attached hydrogen (secondary N) is 2. The molecule has 0 bridgehead atoms. The van der Waals surface area contributed by atoms with E-state index in [2.05, 4.69) is 33.7 Å². The highest BCUT2D eigenvalue weighted by Gasteiger charge is 2.25. The summed E-state index contributed by atoms with van der Waals surface area (Å²) in [5.41, 5.74) is 8.04. The van der Waals surface area contributed by atoms with Crippen molar-refractivity contribution in [2.75, 3.05) is 11.9 Å². The summed E-state index contributed by atoms with van der Waals surface area (Å²) in [4.78, 5) is 0. The summed E-state index contributed by atoms with van der Waals surface area (Å²) < 4.78 is 0. The lowest BCUT2D eigenvalue weighted by atomic mass is 10.0. The molecule has 4 heteroatoms. The van der Waals surface area contributed by atoms with E-state index in [1.54, 1.807) is 0 Å². The van der Waals surface area contributed by atoms with Gasteiger partial charge in [0.25, 0.3) is 0 Å². The van der Waals surface area contributed by atoms with Crippen molar-refractivity contribution in [3.05, 3.63) is 24.4 Å². The average molecular weight is 230 g/mol. The Balaban J connectivity index is 1.79. The molecule has 0 amide bonds. The number of fused-ring (bicyclic) bond motifs is 1. The van der Waals surface area contributed by atoms with Crippen molar-refractivity contribution < 1.29 is 0 Å². The lowest BCUT2D eigenvalue weighted by Crippen LogP contribution is -2.29. The highest BCUT2D eigenvalue weighted by atomic mass is 15.1. The zero-order chi connectivity index (χ0) is 11.7. The number of rotatable bonds is 3. The largest absolute Gasteiger partial charge is 0.382 e. The van der Waals surface area contributed by atoms with E-state index in [0.717, 1.165) is 23.1 Å². The van der Waals surface area contributed by atoms with Gasteiger partial charge in [0, 0.05) is 17.1 Å². The van der Waals surface area contributed by atoms with Gasteiger partial charge in [-0.3, -0.25) is 5.10 Å². The molecule has 1 heterocycles. The second kappa shape index (κ2) is 4.37. The van der Waals surface area contributed by atoms with E-state index in [0.29, 0.717) is 12.0 Å². The minimum atomic E-state index is 0.528. The van der Waals surface area contributed by atoms with Crippen LogP contribution < -0.4 is 11.1 Å². The molecule has 0 spiro atoms. The minimum Gasteiger partial charge on any atom is -0.382 e. The summed E-state index contributed by atoms with van der Waals surface area (Å²) in [6.45, 7) is 0.782. The van der Waals surface area contributed by atoms with Crippen LogP contribution in [0.15, 0.2) is 24.4 Å². The molecule has 90 valence electrons. The molecule has 0 aliphatic heterocycles. The zero-order valence-electron chi connectivity index (χ0n) is 9.82. The molecule has 0 saturated heterocycles. The van der Waals surface area contributed by atoms with Crippen LogP contribution in [0.5, 0.6) is 0 Å². The summed E-state index contributed by atoms with van der Waals surface area (Å²) in [5, 5.41) is 11.8. The van der Waals surface area contributed by atoms with Gasteiger partial charge < -0.3 is 11.1 Å². The highest BCUT2D eigenvalue weighted by Crippen LogP contribution is 2.28. The summed E-state index contributed by atoms with van der Waals surface area (Å²) in [7, 11) is 0. The Labute approximate surface area is 101 Å². The number of benzene rings is 1. The Morgan fingerprint density at radius 2 is 2.35 bits per heavy atom. The fourth-order valence-electron chi connectivity index (χ4n) is 2.75. The van der Waals surface area contributed by atoms with Gasteiger partial charge in [-0.05, 0) is 43.5 Å². The molecule has 1 aromatic carbocycles. The normalized spacial score (nSPS) is 24.3. The van der Waals surface area contributed by atoms with E-state index in [9.17, 15) is 0 Å². The van der Waals surface area contributed by atoms with Gasteiger partial charge in [-0.1, -0.05) is 6.42 Å². The molecule has 17 heavy (non-hydrogen) atoms. The van der Waals surface area contributed by atoms with E-state index in [-0.39, 0.29) is 0 Å². The first kappa shape index (κ1) is 10.6. The van der Waals surface area contributed by atoms with Gasteiger partial charge >= 0.3 is 0 Å². The van der Waals surface area contributed by atoms with E-state index < -0.39 is 0 Å². The zero-order valence-corrected chi connectivity index (χ0v) is 9.82. The highest BCUT2D eigenvalue weighted by molar-refractivity contribution is 5.81. The number of nitrogens with zero attached hydrogens (tertiary/aromatic N) is 1. The maximum Gasteiger partial charge on any atom is 0.0670 e. The van der Waals surface area contributed by atoms with Crippen molar-refractivity contribution in [3.8, 4) is 0 Å². The first-order valence-corrected chi connectivity index (χ1v) is 6.26. The Morgan fingerprint density at radius 1 is 1.41 bits per heavy atom. The van der Waals surface area contributed by atoms with Gasteiger partial charge in [-0.25, -0.2) is 0 Å². The van der Waals surface area contributed by atoms with E-state index in [1.165, 1.54) is 19.3 Å². The van der Waals surface area contributed by atoms with Gasteiger partial charge in [0.2, 0.25) is 0 Å². The lowest BCUT2D eigenvalue weighted by molar-refractivity contribution is 0.516. The lowest BCUT2D eigenvalue weighted by Gasteiger charge is -2.20. The van der Waals surface area contributed by atoms with E-state index in [4.69, 9.17) is 5.73 Å². The van der Waals surface area contributed by atoms with Crippen LogP contribution in [-0.4, -0.2) is 22.8 Å². The third kappa shape index (κ3) is 2.00. The number of nitrogens with two attached hydrogens (primary N) is 1. The van der Waals surface area contributed by atoms with Crippen molar-refractivity contribution in [3.63, 3.8) is 0 Å². The third-order valence-corrected chi connectivity index (χ3v) is 3.76. The Kier molecular flexibility index (Phi) is 2.73. The maximum atomic E-state index is 5.80.